The second-order valence-corrected chi connectivity index (χ2v) is 3.68. The molecule has 0 aliphatic heterocycles. The van der Waals surface area contributed by atoms with E-state index in [-0.39, 0.29) is 0 Å². The standard InChI is InChI=1S/C13H9N3O/c17-9-11-7-15-16-8-10(4-5-13(11)16)12-3-1-2-6-14-12/h1-9H. The molecular formula is C13H9N3O. The van der Waals surface area contributed by atoms with Crippen LogP contribution >= 0.6 is 0 Å². The summed E-state index contributed by atoms with van der Waals surface area (Å²) in [6, 6.07) is 9.56. The fourth-order valence-corrected chi connectivity index (χ4v) is 1.78. The minimum atomic E-state index is 0.595. The molecule has 3 aromatic heterocycles. The van der Waals surface area contributed by atoms with Crippen molar-refractivity contribution in [3.8, 4) is 11.3 Å². The summed E-state index contributed by atoms with van der Waals surface area (Å²) in [5.41, 5.74) is 3.26. The number of carbonyl (C=O) groups is 1. The molecule has 0 fully saturated rings. The van der Waals surface area contributed by atoms with E-state index >= 15 is 0 Å². The van der Waals surface area contributed by atoms with E-state index in [2.05, 4.69) is 10.1 Å². The van der Waals surface area contributed by atoms with Crippen LogP contribution in [0.15, 0.2) is 48.9 Å². The molecule has 0 saturated heterocycles. The Bertz CT molecular complexity index is 673. The molecule has 0 radical (unpaired) electrons. The number of nitrogens with zero attached hydrogens (tertiary/aromatic N) is 3. The Hall–Kier alpha value is -2.49. The Morgan fingerprint density at radius 1 is 1.18 bits per heavy atom. The van der Waals surface area contributed by atoms with Gasteiger partial charge in [0.1, 0.15) is 0 Å². The van der Waals surface area contributed by atoms with E-state index in [0.717, 1.165) is 23.1 Å². The van der Waals surface area contributed by atoms with Crippen LogP contribution in [-0.4, -0.2) is 20.9 Å². The van der Waals surface area contributed by atoms with E-state index in [1.165, 1.54) is 0 Å². The number of pyridine rings is 2. The first-order chi connectivity index (χ1) is 8.38. The lowest BCUT2D eigenvalue weighted by Gasteiger charge is -2.01. The first-order valence-electron chi connectivity index (χ1n) is 5.22. The summed E-state index contributed by atoms with van der Waals surface area (Å²) in [5.74, 6) is 0. The van der Waals surface area contributed by atoms with Gasteiger partial charge in [-0.1, -0.05) is 6.07 Å². The van der Waals surface area contributed by atoms with Crippen molar-refractivity contribution >= 4 is 11.8 Å². The third-order valence-corrected chi connectivity index (χ3v) is 2.63. The van der Waals surface area contributed by atoms with Gasteiger partial charge in [-0.05, 0) is 24.3 Å². The van der Waals surface area contributed by atoms with E-state index in [9.17, 15) is 4.79 Å². The van der Waals surface area contributed by atoms with Crippen LogP contribution in [0, 0.1) is 0 Å². The third-order valence-electron chi connectivity index (χ3n) is 2.63. The fraction of sp³-hybridized carbons (Fsp3) is 0. The van der Waals surface area contributed by atoms with Crippen molar-refractivity contribution in [1.29, 1.82) is 0 Å². The molecule has 0 aromatic carbocycles. The van der Waals surface area contributed by atoms with Crippen molar-refractivity contribution in [3.05, 3.63) is 54.5 Å². The molecule has 0 aliphatic carbocycles. The predicted molar refractivity (Wildman–Crippen MR) is 63.8 cm³/mol. The molecule has 4 nitrogen and oxygen atoms in total. The summed E-state index contributed by atoms with van der Waals surface area (Å²) in [4.78, 5) is 15.0. The van der Waals surface area contributed by atoms with Gasteiger partial charge in [-0.15, -0.1) is 0 Å². The molecule has 3 aromatic rings. The van der Waals surface area contributed by atoms with Gasteiger partial charge in [0.25, 0.3) is 0 Å². The van der Waals surface area contributed by atoms with Crippen LogP contribution in [0.2, 0.25) is 0 Å². The van der Waals surface area contributed by atoms with E-state index in [4.69, 9.17) is 0 Å². The fourth-order valence-electron chi connectivity index (χ4n) is 1.78. The topological polar surface area (TPSA) is 47.3 Å². The minimum absolute atomic E-state index is 0.595. The lowest BCUT2D eigenvalue weighted by Crippen LogP contribution is -1.90. The van der Waals surface area contributed by atoms with E-state index < -0.39 is 0 Å². The SMILES string of the molecule is O=Cc1cnn2cc(-c3ccccn3)ccc12. The van der Waals surface area contributed by atoms with Crippen LogP contribution < -0.4 is 0 Å². The van der Waals surface area contributed by atoms with Gasteiger partial charge in [0.15, 0.2) is 6.29 Å². The molecule has 82 valence electrons. The van der Waals surface area contributed by atoms with Crippen molar-refractivity contribution < 1.29 is 4.79 Å². The zero-order valence-corrected chi connectivity index (χ0v) is 8.95. The summed E-state index contributed by atoms with van der Waals surface area (Å²) < 4.78 is 1.69. The zero-order valence-electron chi connectivity index (χ0n) is 8.95. The molecule has 0 unspecified atom stereocenters. The quantitative estimate of drug-likeness (QED) is 0.626. The van der Waals surface area contributed by atoms with E-state index in [1.807, 2.05) is 36.5 Å². The van der Waals surface area contributed by atoms with Gasteiger partial charge in [0.2, 0.25) is 0 Å². The van der Waals surface area contributed by atoms with Gasteiger partial charge in [0.05, 0.1) is 23.0 Å². The number of hydrogen-bond acceptors (Lipinski definition) is 3. The summed E-state index contributed by atoms with van der Waals surface area (Å²) in [7, 11) is 0. The molecule has 0 spiro atoms. The number of hydrogen-bond donors (Lipinski definition) is 0. The second-order valence-electron chi connectivity index (χ2n) is 3.68. The Morgan fingerprint density at radius 2 is 2.12 bits per heavy atom. The molecule has 0 atom stereocenters. The lowest BCUT2D eigenvalue weighted by molar-refractivity contribution is 0.112. The van der Waals surface area contributed by atoms with Crippen molar-refractivity contribution in [3.63, 3.8) is 0 Å². The number of carbonyl (C=O) groups excluding carboxylic acids is 1. The van der Waals surface area contributed by atoms with Crippen molar-refractivity contribution in [2.75, 3.05) is 0 Å². The normalized spacial score (nSPS) is 10.6. The summed E-state index contributed by atoms with van der Waals surface area (Å²) in [6.07, 6.45) is 5.98. The molecule has 3 heterocycles. The van der Waals surface area contributed by atoms with Gasteiger partial charge >= 0.3 is 0 Å². The summed E-state index contributed by atoms with van der Waals surface area (Å²) in [5, 5.41) is 4.13. The van der Waals surface area contributed by atoms with Crippen molar-refractivity contribution in [2.24, 2.45) is 0 Å². The molecule has 0 bridgehead atoms. The highest BCUT2D eigenvalue weighted by Crippen LogP contribution is 2.18. The van der Waals surface area contributed by atoms with Gasteiger partial charge in [-0.25, -0.2) is 4.52 Å². The monoisotopic (exact) mass is 223 g/mol. The first kappa shape index (κ1) is 9.72. The van der Waals surface area contributed by atoms with Gasteiger partial charge in [-0.3, -0.25) is 9.78 Å². The minimum Gasteiger partial charge on any atom is -0.298 e. The maximum Gasteiger partial charge on any atom is 0.153 e. The Labute approximate surface area is 97.5 Å². The third kappa shape index (κ3) is 1.59. The maximum atomic E-state index is 10.8. The van der Waals surface area contributed by atoms with Crippen molar-refractivity contribution in [2.45, 2.75) is 0 Å². The molecular weight excluding hydrogens is 214 g/mol. The molecule has 4 heteroatoms. The second kappa shape index (κ2) is 3.83. The number of aldehydes is 1. The van der Waals surface area contributed by atoms with Crippen LogP contribution in [0.3, 0.4) is 0 Å². The highest BCUT2D eigenvalue weighted by Gasteiger charge is 2.04. The lowest BCUT2D eigenvalue weighted by atomic mass is 10.2. The Morgan fingerprint density at radius 3 is 2.88 bits per heavy atom. The van der Waals surface area contributed by atoms with E-state index in [0.29, 0.717) is 5.56 Å². The van der Waals surface area contributed by atoms with Crippen LogP contribution in [0.4, 0.5) is 0 Å². The molecule has 17 heavy (non-hydrogen) atoms. The van der Waals surface area contributed by atoms with Crippen LogP contribution in [0.1, 0.15) is 10.4 Å². The maximum absolute atomic E-state index is 10.8. The predicted octanol–water partition coefficient (Wildman–Crippen LogP) is 2.21. The smallest absolute Gasteiger partial charge is 0.153 e. The molecule has 3 rings (SSSR count). The molecule has 0 aliphatic rings. The average Bonchev–Trinajstić information content (AvgIpc) is 2.81. The number of aromatic nitrogens is 3. The zero-order chi connectivity index (χ0) is 11.7. The molecule has 0 N–H and O–H groups in total. The average molecular weight is 223 g/mol. The first-order valence-corrected chi connectivity index (χ1v) is 5.22. The summed E-state index contributed by atoms with van der Waals surface area (Å²) in [6.45, 7) is 0. The summed E-state index contributed by atoms with van der Waals surface area (Å²) >= 11 is 0. The highest BCUT2D eigenvalue weighted by atomic mass is 16.1. The van der Waals surface area contributed by atoms with Crippen LogP contribution in [0.25, 0.3) is 16.8 Å². The molecule has 0 saturated carbocycles. The van der Waals surface area contributed by atoms with Crippen LogP contribution in [-0.2, 0) is 0 Å². The highest BCUT2D eigenvalue weighted by molar-refractivity contribution is 5.86. The largest absolute Gasteiger partial charge is 0.298 e. The Kier molecular flexibility index (Phi) is 2.19. The van der Waals surface area contributed by atoms with Crippen LogP contribution in [0.5, 0.6) is 0 Å². The molecule has 0 amide bonds. The van der Waals surface area contributed by atoms with Gasteiger partial charge in [0, 0.05) is 18.0 Å². The number of fused-ring (bicyclic) bond motifs is 1. The van der Waals surface area contributed by atoms with Gasteiger partial charge < -0.3 is 0 Å². The van der Waals surface area contributed by atoms with E-state index in [1.54, 1.807) is 16.9 Å². The Balaban J connectivity index is 2.18. The van der Waals surface area contributed by atoms with Crippen molar-refractivity contribution in [1.82, 2.24) is 14.6 Å². The van der Waals surface area contributed by atoms with Gasteiger partial charge in [-0.2, -0.15) is 5.10 Å². The number of rotatable bonds is 2.